The van der Waals surface area contributed by atoms with Crippen LogP contribution in [0.4, 0.5) is 0 Å². The van der Waals surface area contributed by atoms with E-state index >= 15 is 0 Å². The van der Waals surface area contributed by atoms with Gasteiger partial charge in [-0.1, -0.05) is 23.2 Å². The summed E-state index contributed by atoms with van der Waals surface area (Å²) in [5.41, 5.74) is 1.76. The summed E-state index contributed by atoms with van der Waals surface area (Å²) in [6.07, 6.45) is 2.35. The van der Waals surface area contributed by atoms with E-state index in [0.29, 0.717) is 16.0 Å². The zero-order chi connectivity index (χ0) is 12.7. The Morgan fingerprint density at radius 1 is 1.00 bits per heavy atom. The summed E-state index contributed by atoms with van der Waals surface area (Å²) >= 11 is 15.5. The van der Waals surface area contributed by atoms with Crippen LogP contribution in [0.5, 0.6) is 0 Å². The van der Waals surface area contributed by atoms with E-state index in [1.165, 1.54) is 12.8 Å². The molecule has 0 bridgehead atoms. The predicted molar refractivity (Wildman–Crippen MR) is 77.2 cm³/mol. The van der Waals surface area contributed by atoms with Crippen molar-refractivity contribution in [2.24, 2.45) is 0 Å². The largest absolute Gasteiger partial charge is 0.233 e. The molecule has 3 rings (SSSR count). The van der Waals surface area contributed by atoms with Crippen LogP contribution in [0, 0.1) is 0 Å². The molecule has 1 heterocycles. The highest BCUT2D eigenvalue weighted by Crippen LogP contribution is 2.39. The average Bonchev–Trinajstić information content (AvgIpc) is 3.10. The van der Waals surface area contributed by atoms with Crippen molar-refractivity contribution in [1.29, 1.82) is 0 Å². The Labute approximate surface area is 123 Å². The van der Waals surface area contributed by atoms with Gasteiger partial charge in [0.1, 0.15) is 10.4 Å². The van der Waals surface area contributed by atoms with Gasteiger partial charge in [-0.3, -0.25) is 0 Å². The van der Waals surface area contributed by atoms with Crippen molar-refractivity contribution in [3.63, 3.8) is 0 Å². The molecule has 0 spiro atoms. The molecule has 1 saturated carbocycles. The molecule has 1 fully saturated rings. The lowest BCUT2D eigenvalue weighted by atomic mass is 10.1. The van der Waals surface area contributed by atoms with E-state index in [-0.39, 0.29) is 0 Å². The average molecular weight is 344 g/mol. The summed E-state index contributed by atoms with van der Waals surface area (Å²) in [5, 5.41) is 1.22. The first-order chi connectivity index (χ1) is 8.61. The SMILES string of the molecule is Clc1cc(Cl)cc(-c2cc(Br)nc(C3CC3)n2)c1. The van der Waals surface area contributed by atoms with E-state index in [1.807, 2.05) is 18.2 Å². The van der Waals surface area contributed by atoms with Gasteiger partial charge in [0.25, 0.3) is 0 Å². The molecular weight excluding hydrogens is 335 g/mol. The highest BCUT2D eigenvalue weighted by Gasteiger charge is 2.27. The van der Waals surface area contributed by atoms with E-state index in [9.17, 15) is 0 Å². The minimum atomic E-state index is 0.510. The van der Waals surface area contributed by atoms with Crippen LogP contribution in [0.15, 0.2) is 28.9 Å². The Morgan fingerprint density at radius 3 is 2.28 bits per heavy atom. The summed E-state index contributed by atoms with van der Waals surface area (Å²) < 4.78 is 0.797. The van der Waals surface area contributed by atoms with Crippen molar-refractivity contribution >= 4 is 39.1 Å². The van der Waals surface area contributed by atoms with Crippen molar-refractivity contribution in [2.75, 3.05) is 0 Å². The fourth-order valence-electron chi connectivity index (χ4n) is 1.81. The molecular formula is C13H9BrCl2N2. The van der Waals surface area contributed by atoms with Crippen LogP contribution in [0.1, 0.15) is 24.6 Å². The molecule has 1 aliphatic carbocycles. The Hall–Kier alpha value is -0.640. The Morgan fingerprint density at radius 2 is 1.67 bits per heavy atom. The van der Waals surface area contributed by atoms with Crippen molar-refractivity contribution < 1.29 is 0 Å². The molecule has 5 heteroatoms. The lowest BCUT2D eigenvalue weighted by molar-refractivity contribution is 0.919. The summed E-state index contributed by atoms with van der Waals surface area (Å²) in [5.74, 6) is 1.41. The first-order valence-corrected chi connectivity index (χ1v) is 7.17. The summed E-state index contributed by atoms with van der Waals surface area (Å²) in [7, 11) is 0. The number of halogens is 3. The monoisotopic (exact) mass is 342 g/mol. The van der Waals surface area contributed by atoms with Crippen LogP contribution in [-0.4, -0.2) is 9.97 Å². The van der Waals surface area contributed by atoms with Gasteiger partial charge in [-0.15, -0.1) is 0 Å². The van der Waals surface area contributed by atoms with Crippen molar-refractivity contribution in [3.8, 4) is 11.3 Å². The van der Waals surface area contributed by atoms with Gasteiger partial charge in [-0.05, 0) is 53.0 Å². The molecule has 0 amide bonds. The highest BCUT2D eigenvalue weighted by molar-refractivity contribution is 9.10. The zero-order valence-corrected chi connectivity index (χ0v) is 12.4. The first-order valence-electron chi connectivity index (χ1n) is 5.63. The summed E-state index contributed by atoms with van der Waals surface area (Å²) in [6, 6.07) is 7.32. The maximum Gasteiger partial charge on any atom is 0.133 e. The van der Waals surface area contributed by atoms with Crippen LogP contribution in [-0.2, 0) is 0 Å². The Balaban J connectivity index is 2.09. The molecule has 1 aliphatic rings. The molecule has 0 radical (unpaired) electrons. The lowest BCUT2D eigenvalue weighted by Crippen LogP contribution is -1.95. The second kappa shape index (κ2) is 4.80. The van der Waals surface area contributed by atoms with Crippen LogP contribution in [0.3, 0.4) is 0 Å². The maximum atomic E-state index is 6.01. The number of aromatic nitrogens is 2. The number of rotatable bonds is 2. The molecule has 18 heavy (non-hydrogen) atoms. The van der Waals surface area contributed by atoms with Crippen molar-refractivity contribution in [1.82, 2.24) is 9.97 Å². The fourth-order valence-corrected chi connectivity index (χ4v) is 2.73. The summed E-state index contributed by atoms with van der Waals surface area (Å²) in [4.78, 5) is 9.00. The van der Waals surface area contributed by atoms with Gasteiger partial charge in [0, 0.05) is 21.5 Å². The number of hydrogen-bond acceptors (Lipinski definition) is 2. The standard InChI is InChI=1S/C13H9BrCl2N2/c14-12-6-11(17-13(18-12)7-1-2-7)8-3-9(15)5-10(16)4-8/h3-7H,1-2H2. The minimum absolute atomic E-state index is 0.510. The second-order valence-electron chi connectivity index (χ2n) is 4.37. The highest BCUT2D eigenvalue weighted by atomic mass is 79.9. The van der Waals surface area contributed by atoms with Gasteiger partial charge < -0.3 is 0 Å². The van der Waals surface area contributed by atoms with Gasteiger partial charge in [-0.25, -0.2) is 9.97 Å². The normalized spacial score (nSPS) is 14.8. The van der Waals surface area contributed by atoms with Crippen LogP contribution in [0.25, 0.3) is 11.3 Å². The van der Waals surface area contributed by atoms with Crippen LogP contribution in [0.2, 0.25) is 10.0 Å². The molecule has 0 aliphatic heterocycles. The third kappa shape index (κ3) is 2.68. The lowest BCUT2D eigenvalue weighted by Gasteiger charge is -2.06. The molecule has 1 aromatic heterocycles. The van der Waals surface area contributed by atoms with E-state index in [0.717, 1.165) is 21.7 Å². The topological polar surface area (TPSA) is 25.8 Å². The Kier molecular flexibility index (Phi) is 3.31. The zero-order valence-electron chi connectivity index (χ0n) is 9.33. The van der Waals surface area contributed by atoms with Gasteiger partial charge in [0.2, 0.25) is 0 Å². The van der Waals surface area contributed by atoms with E-state index in [2.05, 4.69) is 25.9 Å². The quantitative estimate of drug-likeness (QED) is 0.709. The molecule has 2 aromatic rings. The van der Waals surface area contributed by atoms with E-state index in [4.69, 9.17) is 23.2 Å². The maximum absolute atomic E-state index is 6.01. The van der Waals surface area contributed by atoms with Gasteiger partial charge in [0.15, 0.2) is 0 Å². The number of hydrogen-bond donors (Lipinski definition) is 0. The molecule has 0 N–H and O–H groups in total. The molecule has 0 unspecified atom stereocenters. The number of nitrogens with zero attached hydrogens (tertiary/aromatic N) is 2. The van der Waals surface area contributed by atoms with Crippen molar-refractivity contribution in [2.45, 2.75) is 18.8 Å². The first kappa shape index (κ1) is 12.4. The smallest absolute Gasteiger partial charge is 0.133 e. The van der Waals surface area contributed by atoms with E-state index in [1.54, 1.807) is 6.07 Å². The third-order valence-corrected chi connectivity index (χ3v) is 3.66. The molecule has 0 atom stereocenters. The summed E-state index contributed by atoms with van der Waals surface area (Å²) in [6.45, 7) is 0. The minimum Gasteiger partial charge on any atom is -0.233 e. The van der Waals surface area contributed by atoms with Crippen LogP contribution < -0.4 is 0 Å². The molecule has 0 saturated heterocycles. The number of benzene rings is 1. The molecule has 1 aromatic carbocycles. The molecule has 2 nitrogen and oxygen atoms in total. The predicted octanol–water partition coefficient (Wildman–Crippen LogP) is 5.09. The Bertz CT molecular complexity index is 592. The second-order valence-corrected chi connectivity index (χ2v) is 6.05. The van der Waals surface area contributed by atoms with Crippen LogP contribution >= 0.6 is 39.1 Å². The van der Waals surface area contributed by atoms with Gasteiger partial charge in [0.05, 0.1) is 5.69 Å². The van der Waals surface area contributed by atoms with E-state index < -0.39 is 0 Å². The van der Waals surface area contributed by atoms with Crippen molar-refractivity contribution in [3.05, 3.63) is 44.7 Å². The van der Waals surface area contributed by atoms with Gasteiger partial charge >= 0.3 is 0 Å². The molecule has 92 valence electrons. The fraction of sp³-hybridized carbons (Fsp3) is 0.231. The van der Waals surface area contributed by atoms with Gasteiger partial charge in [-0.2, -0.15) is 0 Å². The third-order valence-electron chi connectivity index (χ3n) is 2.81.